The minimum absolute atomic E-state index is 0.262. The van der Waals surface area contributed by atoms with Crippen molar-refractivity contribution in [1.82, 2.24) is 0 Å². The standard InChI is InChI=1S/C32H45N/c1-3-5-7-9-10-12-27-13-15-29(16-14-27)30-17-19-31(20-18-30)32(23-11-8-6-4-2)24-21-28(26-33)22-25-32/h13-20,28H,3-12,21-25H2,1-2H3/t28-,32-. The van der Waals surface area contributed by atoms with Gasteiger partial charge in [-0.2, -0.15) is 5.26 Å². The zero-order chi connectivity index (χ0) is 23.4. The predicted octanol–water partition coefficient (Wildman–Crippen LogP) is 9.79. The molecule has 1 heteroatoms. The van der Waals surface area contributed by atoms with Crippen LogP contribution in [0.5, 0.6) is 0 Å². The average Bonchev–Trinajstić information content (AvgIpc) is 2.87. The van der Waals surface area contributed by atoms with Crippen LogP contribution in [0.2, 0.25) is 0 Å². The molecule has 1 aliphatic carbocycles. The van der Waals surface area contributed by atoms with Crippen LogP contribution in [0.25, 0.3) is 11.1 Å². The van der Waals surface area contributed by atoms with Crippen molar-refractivity contribution >= 4 is 0 Å². The molecule has 0 aliphatic heterocycles. The van der Waals surface area contributed by atoms with Crippen LogP contribution in [-0.4, -0.2) is 0 Å². The molecule has 1 aliphatic rings. The molecule has 178 valence electrons. The molecule has 1 fully saturated rings. The molecule has 0 heterocycles. The van der Waals surface area contributed by atoms with Crippen LogP contribution in [0.1, 0.15) is 115 Å². The number of rotatable bonds is 13. The van der Waals surface area contributed by atoms with Gasteiger partial charge in [0.05, 0.1) is 6.07 Å². The van der Waals surface area contributed by atoms with E-state index in [-0.39, 0.29) is 11.3 Å². The van der Waals surface area contributed by atoms with E-state index in [2.05, 4.69) is 68.4 Å². The highest BCUT2D eigenvalue weighted by molar-refractivity contribution is 5.64. The maximum Gasteiger partial charge on any atom is 0.0655 e. The molecule has 2 aromatic rings. The molecule has 33 heavy (non-hydrogen) atoms. The summed E-state index contributed by atoms with van der Waals surface area (Å²) in [5.41, 5.74) is 5.89. The zero-order valence-corrected chi connectivity index (χ0v) is 21.2. The maximum atomic E-state index is 9.39. The fourth-order valence-electron chi connectivity index (χ4n) is 5.69. The number of hydrogen-bond donors (Lipinski definition) is 0. The molecular weight excluding hydrogens is 398 g/mol. The van der Waals surface area contributed by atoms with Crippen molar-refractivity contribution in [3.63, 3.8) is 0 Å². The number of hydrogen-bond acceptors (Lipinski definition) is 1. The van der Waals surface area contributed by atoms with Crippen LogP contribution in [-0.2, 0) is 11.8 Å². The summed E-state index contributed by atoms with van der Waals surface area (Å²) in [7, 11) is 0. The van der Waals surface area contributed by atoms with E-state index in [1.54, 1.807) is 0 Å². The van der Waals surface area contributed by atoms with Crippen molar-refractivity contribution in [2.24, 2.45) is 5.92 Å². The third-order valence-corrected chi connectivity index (χ3v) is 7.99. The average molecular weight is 444 g/mol. The summed E-state index contributed by atoms with van der Waals surface area (Å²) >= 11 is 0. The van der Waals surface area contributed by atoms with Gasteiger partial charge in [-0.1, -0.05) is 114 Å². The lowest BCUT2D eigenvalue weighted by Gasteiger charge is -2.40. The van der Waals surface area contributed by atoms with Crippen LogP contribution in [0.15, 0.2) is 48.5 Å². The molecular formula is C32H45N. The minimum atomic E-state index is 0.262. The fraction of sp³-hybridized carbons (Fsp3) is 0.594. The summed E-state index contributed by atoms with van der Waals surface area (Å²) in [6.45, 7) is 4.56. The zero-order valence-electron chi connectivity index (χ0n) is 21.2. The van der Waals surface area contributed by atoms with Crippen molar-refractivity contribution in [2.45, 2.75) is 116 Å². The van der Waals surface area contributed by atoms with E-state index in [0.717, 1.165) is 12.8 Å². The lowest BCUT2D eigenvalue weighted by atomic mass is 9.64. The monoisotopic (exact) mass is 443 g/mol. The Morgan fingerprint density at radius 3 is 1.85 bits per heavy atom. The Bertz CT molecular complexity index is 832. The molecule has 0 N–H and O–H groups in total. The molecule has 0 atom stereocenters. The Morgan fingerprint density at radius 1 is 0.727 bits per heavy atom. The molecule has 0 saturated heterocycles. The summed E-state index contributed by atoms with van der Waals surface area (Å²) in [5.74, 6) is 0.262. The third-order valence-electron chi connectivity index (χ3n) is 7.99. The Kier molecular flexibility index (Phi) is 10.5. The second-order valence-corrected chi connectivity index (χ2v) is 10.4. The normalized spacial score (nSPS) is 20.5. The van der Waals surface area contributed by atoms with E-state index in [9.17, 15) is 5.26 Å². The first-order valence-corrected chi connectivity index (χ1v) is 13.8. The van der Waals surface area contributed by atoms with Crippen LogP contribution < -0.4 is 0 Å². The lowest BCUT2D eigenvalue weighted by Crippen LogP contribution is -2.31. The van der Waals surface area contributed by atoms with Crippen molar-refractivity contribution in [3.05, 3.63) is 59.7 Å². The fourth-order valence-corrected chi connectivity index (χ4v) is 5.69. The van der Waals surface area contributed by atoms with Gasteiger partial charge in [0.15, 0.2) is 0 Å². The number of benzene rings is 2. The molecule has 1 saturated carbocycles. The summed E-state index contributed by atoms with van der Waals surface area (Å²) < 4.78 is 0. The Morgan fingerprint density at radius 2 is 1.27 bits per heavy atom. The molecule has 0 bridgehead atoms. The van der Waals surface area contributed by atoms with Crippen LogP contribution in [0.4, 0.5) is 0 Å². The quantitative estimate of drug-likeness (QED) is 0.283. The van der Waals surface area contributed by atoms with Gasteiger partial charge in [-0.05, 0) is 72.6 Å². The van der Waals surface area contributed by atoms with Gasteiger partial charge in [0.1, 0.15) is 0 Å². The van der Waals surface area contributed by atoms with E-state index in [1.165, 1.54) is 106 Å². The Balaban J connectivity index is 1.64. The molecule has 3 rings (SSSR count). The van der Waals surface area contributed by atoms with E-state index >= 15 is 0 Å². The van der Waals surface area contributed by atoms with Gasteiger partial charge >= 0.3 is 0 Å². The number of aryl methyl sites for hydroxylation is 1. The molecule has 2 aromatic carbocycles. The molecule has 1 nitrogen and oxygen atoms in total. The van der Waals surface area contributed by atoms with Gasteiger partial charge in [-0.15, -0.1) is 0 Å². The predicted molar refractivity (Wildman–Crippen MR) is 142 cm³/mol. The third kappa shape index (κ3) is 7.46. The van der Waals surface area contributed by atoms with E-state index < -0.39 is 0 Å². The summed E-state index contributed by atoms with van der Waals surface area (Å²) in [6, 6.07) is 21.2. The van der Waals surface area contributed by atoms with Crippen molar-refractivity contribution < 1.29 is 0 Å². The highest BCUT2D eigenvalue weighted by Crippen LogP contribution is 2.45. The van der Waals surface area contributed by atoms with Crippen molar-refractivity contribution in [3.8, 4) is 17.2 Å². The largest absolute Gasteiger partial charge is 0.198 e. The molecule has 0 aromatic heterocycles. The van der Waals surface area contributed by atoms with E-state index in [0.29, 0.717) is 0 Å². The SMILES string of the molecule is CCCCCCCc1ccc(-c2ccc([C@]3(CCCCCC)CC[C@@H](C#N)CC3)cc2)cc1. The van der Waals surface area contributed by atoms with Crippen LogP contribution >= 0.6 is 0 Å². The molecule has 0 spiro atoms. The first-order chi connectivity index (χ1) is 16.2. The molecule has 0 radical (unpaired) electrons. The second kappa shape index (κ2) is 13.6. The topological polar surface area (TPSA) is 23.8 Å². The summed E-state index contributed by atoms with van der Waals surface area (Å²) in [4.78, 5) is 0. The highest BCUT2D eigenvalue weighted by Gasteiger charge is 2.36. The van der Waals surface area contributed by atoms with Gasteiger partial charge in [0.25, 0.3) is 0 Å². The van der Waals surface area contributed by atoms with Gasteiger partial charge in [-0.3, -0.25) is 0 Å². The van der Waals surface area contributed by atoms with E-state index in [4.69, 9.17) is 0 Å². The lowest BCUT2D eigenvalue weighted by molar-refractivity contribution is 0.238. The first kappa shape index (κ1) is 25.6. The Hall–Kier alpha value is -2.07. The molecule has 0 amide bonds. The van der Waals surface area contributed by atoms with Gasteiger partial charge in [-0.25, -0.2) is 0 Å². The van der Waals surface area contributed by atoms with Crippen molar-refractivity contribution in [2.75, 3.05) is 0 Å². The number of nitriles is 1. The second-order valence-electron chi connectivity index (χ2n) is 10.4. The highest BCUT2D eigenvalue weighted by atomic mass is 14.4. The summed E-state index contributed by atoms with van der Waals surface area (Å²) in [5, 5.41) is 9.39. The summed E-state index contributed by atoms with van der Waals surface area (Å²) in [6.07, 6.45) is 18.9. The Labute approximate surface area is 203 Å². The maximum absolute atomic E-state index is 9.39. The van der Waals surface area contributed by atoms with Gasteiger partial charge in [0.2, 0.25) is 0 Å². The smallest absolute Gasteiger partial charge is 0.0655 e. The molecule has 0 unspecified atom stereocenters. The van der Waals surface area contributed by atoms with E-state index in [1.807, 2.05) is 0 Å². The number of nitrogens with zero attached hydrogens (tertiary/aromatic N) is 1. The van der Waals surface area contributed by atoms with Crippen molar-refractivity contribution in [1.29, 1.82) is 5.26 Å². The first-order valence-electron chi connectivity index (χ1n) is 13.8. The van der Waals surface area contributed by atoms with Crippen LogP contribution in [0.3, 0.4) is 0 Å². The number of unbranched alkanes of at least 4 members (excludes halogenated alkanes) is 7. The van der Waals surface area contributed by atoms with Crippen LogP contribution in [0, 0.1) is 17.2 Å². The van der Waals surface area contributed by atoms with Gasteiger partial charge in [0, 0.05) is 5.92 Å². The van der Waals surface area contributed by atoms with Gasteiger partial charge < -0.3 is 0 Å². The minimum Gasteiger partial charge on any atom is -0.198 e.